The summed E-state index contributed by atoms with van der Waals surface area (Å²) in [6, 6.07) is 9.21. The Labute approximate surface area is 267 Å². The molecule has 0 spiro atoms. The number of aryl methyl sites for hydroxylation is 3. The number of alkyl carbamates (subject to hydrolysis) is 1. The first-order valence-corrected chi connectivity index (χ1v) is 16.8. The van der Waals surface area contributed by atoms with Crippen molar-refractivity contribution < 1.29 is 19.1 Å². The monoisotopic (exact) mass is 631 g/mol. The van der Waals surface area contributed by atoms with Crippen molar-refractivity contribution >= 4 is 47.0 Å². The number of rotatable bonds is 13. The Hall–Kier alpha value is -2.71. The Bertz CT molecular complexity index is 1240. The number of carbonyl (C=O) groups excluding carboxylic acids is 3. The maximum absolute atomic E-state index is 14.7. The van der Waals surface area contributed by atoms with Gasteiger partial charge in [-0.2, -0.15) is 11.8 Å². The van der Waals surface area contributed by atoms with Crippen LogP contribution in [0.2, 0.25) is 5.02 Å². The van der Waals surface area contributed by atoms with Crippen LogP contribution in [0.5, 0.6) is 0 Å². The maximum atomic E-state index is 14.7. The molecule has 0 radical (unpaired) electrons. The molecule has 238 valence electrons. The third-order valence-corrected chi connectivity index (χ3v) is 8.18. The van der Waals surface area contributed by atoms with E-state index in [0.717, 1.165) is 28.7 Å². The van der Waals surface area contributed by atoms with Crippen molar-refractivity contribution in [2.75, 3.05) is 17.3 Å². The van der Waals surface area contributed by atoms with Crippen molar-refractivity contribution in [3.05, 3.63) is 63.7 Å². The molecule has 43 heavy (non-hydrogen) atoms. The summed E-state index contributed by atoms with van der Waals surface area (Å²) in [5, 5.41) is 6.30. The van der Waals surface area contributed by atoms with Crippen LogP contribution in [0.3, 0.4) is 0 Å². The van der Waals surface area contributed by atoms with E-state index in [2.05, 4.69) is 24.5 Å². The second-order valence-corrected chi connectivity index (χ2v) is 14.1. The topological polar surface area (TPSA) is 87.7 Å². The molecule has 0 aliphatic rings. The number of para-hydroxylation sites is 1. The number of hydrogen-bond donors (Lipinski definition) is 2. The first kappa shape index (κ1) is 36.5. The van der Waals surface area contributed by atoms with Crippen LogP contribution >= 0.6 is 23.4 Å². The molecule has 2 N–H and O–H groups in total. The highest BCUT2D eigenvalue weighted by atomic mass is 35.5. The van der Waals surface area contributed by atoms with E-state index in [1.165, 1.54) is 0 Å². The number of nitrogens with one attached hydrogen (secondary N) is 2. The number of carbonyl (C=O) groups is 3. The highest BCUT2D eigenvalue weighted by molar-refractivity contribution is 7.98. The van der Waals surface area contributed by atoms with Crippen molar-refractivity contribution in [2.45, 2.75) is 105 Å². The van der Waals surface area contributed by atoms with Crippen molar-refractivity contribution in [1.29, 1.82) is 0 Å². The fraction of sp³-hybridized carbons (Fsp3) is 0.559. The van der Waals surface area contributed by atoms with Crippen LogP contribution in [0, 0.1) is 26.7 Å². The van der Waals surface area contributed by atoms with E-state index in [9.17, 15) is 14.4 Å². The molecule has 3 amide bonds. The van der Waals surface area contributed by atoms with Gasteiger partial charge in [-0.3, -0.25) is 9.59 Å². The number of benzene rings is 2. The van der Waals surface area contributed by atoms with Gasteiger partial charge in [-0.1, -0.05) is 61.3 Å². The molecule has 0 fully saturated rings. The summed E-state index contributed by atoms with van der Waals surface area (Å²) >= 11 is 8.11. The SMILES string of the molecule is CSCCC(NC(=O)OC(C)(C)C)C(=O)N(C(C)CCC(C)C)C(C(=O)Nc1c(C)cccc1Cl)c1cc(C)ccc1C. The number of nitrogens with zero attached hydrogens (tertiary/aromatic N) is 1. The molecular formula is C34H50ClN3O4S. The Morgan fingerprint density at radius 3 is 2.23 bits per heavy atom. The highest BCUT2D eigenvalue weighted by Gasteiger charge is 2.39. The van der Waals surface area contributed by atoms with Crippen molar-refractivity contribution in [3.8, 4) is 0 Å². The predicted molar refractivity (Wildman–Crippen MR) is 180 cm³/mol. The molecule has 0 bridgehead atoms. The van der Waals surface area contributed by atoms with Crippen molar-refractivity contribution in [3.63, 3.8) is 0 Å². The van der Waals surface area contributed by atoms with Gasteiger partial charge in [0.15, 0.2) is 0 Å². The fourth-order valence-corrected chi connectivity index (χ4v) is 5.63. The predicted octanol–water partition coefficient (Wildman–Crippen LogP) is 8.24. The normalized spacial score (nSPS) is 13.7. The molecule has 2 aromatic rings. The smallest absolute Gasteiger partial charge is 0.408 e. The lowest BCUT2D eigenvalue weighted by Crippen LogP contribution is -2.55. The number of halogens is 1. The second-order valence-electron chi connectivity index (χ2n) is 12.7. The zero-order chi connectivity index (χ0) is 32.5. The molecule has 0 saturated carbocycles. The molecule has 7 nitrogen and oxygen atoms in total. The van der Waals surface area contributed by atoms with Crippen molar-refractivity contribution in [2.24, 2.45) is 5.92 Å². The van der Waals surface area contributed by atoms with E-state index >= 15 is 0 Å². The Balaban J connectivity index is 2.72. The minimum Gasteiger partial charge on any atom is -0.444 e. The first-order chi connectivity index (χ1) is 20.0. The summed E-state index contributed by atoms with van der Waals surface area (Å²) in [6.07, 6.45) is 3.23. The van der Waals surface area contributed by atoms with Gasteiger partial charge in [0.25, 0.3) is 5.91 Å². The Kier molecular flexibility index (Phi) is 13.9. The second kappa shape index (κ2) is 16.4. The summed E-state index contributed by atoms with van der Waals surface area (Å²) in [7, 11) is 0. The van der Waals surface area contributed by atoms with Gasteiger partial charge in [0.2, 0.25) is 5.91 Å². The molecule has 0 aliphatic heterocycles. The summed E-state index contributed by atoms with van der Waals surface area (Å²) in [4.78, 5) is 43.7. The molecule has 2 aromatic carbocycles. The number of hydrogen-bond acceptors (Lipinski definition) is 5. The fourth-order valence-electron chi connectivity index (χ4n) is 4.89. The van der Waals surface area contributed by atoms with Gasteiger partial charge in [-0.05, 0) is 108 Å². The molecule has 3 unspecified atom stereocenters. The third kappa shape index (κ3) is 11.1. The third-order valence-electron chi connectivity index (χ3n) is 7.22. The van der Waals surface area contributed by atoms with Gasteiger partial charge in [-0.25, -0.2) is 4.79 Å². The zero-order valence-corrected chi connectivity index (χ0v) is 29.0. The van der Waals surface area contributed by atoms with E-state index < -0.39 is 23.8 Å². The van der Waals surface area contributed by atoms with Gasteiger partial charge in [0.05, 0.1) is 10.7 Å². The highest BCUT2D eigenvalue weighted by Crippen LogP contribution is 2.33. The summed E-state index contributed by atoms with van der Waals surface area (Å²) in [5.74, 6) is 0.355. The van der Waals surface area contributed by atoms with Crippen LogP contribution in [-0.2, 0) is 14.3 Å². The molecular weight excluding hydrogens is 582 g/mol. The van der Waals surface area contributed by atoms with E-state index in [1.54, 1.807) is 43.5 Å². The van der Waals surface area contributed by atoms with Crippen LogP contribution in [-0.4, -0.2) is 52.5 Å². The minimum absolute atomic E-state index is 0.310. The minimum atomic E-state index is -0.970. The molecule has 0 heterocycles. The first-order valence-electron chi connectivity index (χ1n) is 15.0. The lowest BCUT2D eigenvalue weighted by molar-refractivity contribution is -0.143. The van der Waals surface area contributed by atoms with Gasteiger partial charge in [-0.15, -0.1) is 0 Å². The van der Waals surface area contributed by atoms with Gasteiger partial charge < -0.3 is 20.3 Å². The van der Waals surface area contributed by atoms with Crippen LogP contribution in [0.1, 0.15) is 89.1 Å². The zero-order valence-electron chi connectivity index (χ0n) is 27.5. The van der Waals surface area contributed by atoms with Crippen LogP contribution in [0.25, 0.3) is 0 Å². The lowest BCUT2D eigenvalue weighted by atomic mass is 9.93. The molecule has 3 atom stereocenters. The largest absolute Gasteiger partial charge is 0.444 e. The van der Waals surface area contributed by atoms with Gasteiger partial charge in [0.1, 0.15) is 17.7 Å². The number of ether oxygens (including phenoxy) is 1. The van der Waals surface area contributed by atoms with E-state index in [0.29, 0.717) is 35.2 Å². The average molecular weight is 632 g/mol. The van der Waals surface area contributed by atoms with E-state index in [1.807, 2.05) is 64.3 Å². The lowest BCUT2D eigenvalue weighted by Gasteiger charge is -2.39. The number of thioether (sulfide) groups is 1. The summed E-state index contributed by atoms with van der Waals surface area (Å²) in [5.41, 5.74) is 3.19. The quantitative estimate of drug-likeness (QED) is 0.232. The van der Waals surface area contributed by atoms with Gasteiger partial charge >= 0.3 is 6.09 Å². The van der Waals surface area contributed by atoms with E-state index in [4.69, 9.17) is 16.3 Å². The molecule has 0 aliphatic carbocycles. The van der Waals surface area contributed by atoms with E-state index in [-0.39, 0.29) is 17.9 Å². The molecule has 0 aromatic heterocycles. The van der Waals surface area contributed by atoms with Crippen LogP contribution < -0.4 is 10.6 Å². The average Bonchev–Trinajstić information content (AvgIpc) is 2.90. The van der Waals surface area contributed by atoms with Crippen LogP contribution in [0.15, 0.2) is 36.4 Å². The molecule has 0 saturated heterocycles. The van der Waals surface area contributed by atoms with Crippen molar-refractivity contribution in [1.82, 2.24) is 10.2 Å². The van der Waals surface area contributed by atoms with Crippen LogP contribution in [0.4, 0.5) is 10.5 Å². The molecule has 9 heteroatoms. The number of amides is 3. The molecule has 2 rings (SSSR count). The standard InChI is InChI=1S/C34H50ClN3O4S/c1-21(2)14-17-25(6)38(32(40)28(18-19-43-10)36-33(41)42-34(7,8)9)30(26-20-22(3)15-16-23(26)4)31(39)37-29-24(5)12-11-13-27(29)35/h11-13,15-16,20-21,25,28,30H,14,17-19H2,1-10H3,(H,36,41)(H,37,39). The number of anilines is 1. The Morgan fingerprint density at radius 2 is 1.65 bits per heavy atom. The Morgan fingerprint density at radius 1 is 0.977 bits per heavy atom. The van der Waals surface area contributed by atoms with Gasteiger partial charge in [0, 0.05) is 6.04 Å². The summed E-state index contributed by atoms with van der Waals surface area (Å²) < 4.78 is 5.53. The maximum Gasteiger partial charge on any atom is 0.408 e. The summed E-state index contributed by atoms with van der Waals surface area (Å²) in [6.45, 7) is 17.4.